The smallest absolute Gasteiger partial charge is 0.227 e. The second kappa shape index (κ2) is 8.05. The van der Waals surface area contributed by atoms with Gasteiger partial charge in [0.2, 0.25) is 11.8 Å². The molecule has 2 amide bonds. The van der Waals surface area contributed by atoms with Gasteiger partial charge in [-0.25, -0.2) is 0 Å². The Hall–Kier alpha value is -1.50. The number of ether oxygens (including phenoxy) is 1. The van der Waals surface area contributed by atoms with Crippen LogP contribution in [-0.4, -0.2) is 45.1 Å². The van der Waals surface area contributed by atoms with Gasteiger partial charge >= 0.3 is 0 Å². The molecule has 0 radical (unpaired) electrons. The van der Waals surface area contributed by atoms with Gasteiger partial charge < -0.3 is 20.3 Å². The van der Waals surface area contributed by atoms with Crippen LogP contribution in [0.5, 0.6) is 5.75 Å². The van der Waals surface area contributed by atoms with Crippen LogP contribution in [0.2, 0.25) is 5.02 Å². The summed E-state index contributed by atoms with van der Waals surface area (Å²) >= 11 is 6.03. The van der Waals surface area contributed by atoms with Gasteiger partial charge in [0.25, 0.3) is 0 Å². The lowest BCUT2D eigenvalue weighted by Crippen LogP contribution is -2.49. The highest BCUT2D eigenvalue weighted by atomic mass is 35.5. The van der Waals surface area contributed by atoms with Crippen molar-refractivity contribution in [2.45, 2.75) is 6.42 Å². The van der Waals surface area contributed by atoms with Gasteiger partial charge in [-0.15, -0.1) is 12.4 Å². The SMILES string of the molecule is COc1ccc(Cl)cc1N1CC(C(=O)NCC2CNC2)CC1=O.Cl. The molecule has 2 aliphatic heterocycles. The van der Waals surface area contributed by atoms with Crippen LogP contribution in [-0.2, 0) is 9.59 Å². The van der Waals surface area contributed by atoms with Crippen molar-refractivity contribution in [2.24, 2.45) is 11.8 Å². The van der Waals surface area contributed by atoms with E-state index in [1.54, 1.807) is 30.2 Å². The zero-order valence-corrected chi connectivity index (χ0v) is 15.0. The lowest BCUT2D eigenvalue weighted by Gasteiger charge is -2.27. The molecule has 3 rings (SSSR count). The molecule has 0 bridgehead atoms. The molecule has 1 aromatic carbocycles. The van der Waals surface area contributed by atoms with Gasteiger partial charge in [0.15, 0.2) is 0 Å². The predicted octanol–water partition coefficient (Wildman–Crippen LogP) is 1.46. The van der Waals surface area contributed by atoms with Crippen LogP contribution in [0, 0.1) is 11.8 Å². The molecule has 0 aliphatic carbocycles. The van der Waals surface area contributed by atoms with E-state index in [-0.39, 0.29) is 36.6 Å². The number of anilines is 1. The van der Waals surface area contributed by atoms with Gasteiger partial charge in [0.1, 0.15) is 5.75 Å². The monoisotopic (exact) mass is 373 g/mol. The molecule has 6 nitrogen and oxygen atoms in total. The van der Waals surface area contributed by atoms with Crippen LogP contribution in [0.15, 0.2) is 18.2 Å². The van der Waals surface area contributed by atoms with Crippen molar-refractivity contribution in [1.82, 2.24) is 10.6 Å². The molecule has 1 aromatic rings. The van der Waals surface area contributed by atoms with E-state index in [1.807, 2.05) is 0 Å². The molecule has 0 aromatic heterocycles. The first-order valence-electron chi connectivity index (χ1n) is 7.71. The third-order valence-corrected chi connectivity index (χ3v) is 4.59. The van der Waals surface area contributed by atoms with E-state index < -0.39 is 0 Å². The Kier molecular flexibility index (Phi) is 6.32. The Labute approximate surface area is 152 Å². The van der Waals surface area contributed by atoms with Crippen LogP contribution < -0.4 is 20.3 Å². The van der Waals surface area contributed by atoms with E-state index in [2.05, 4.69) is 10.6 Å². The molecule has 132 valence electrons. The molecule has 2 aliphatic rings. The highest BCUT2D eigenvalue weighted by Gasteiger charge is 2.36. The number of halogens is 2. The van der Waals surface area contributed by atoms with Crippen LogP contribution in [0.1, 0.15) is 6.42 Å². The van der Waals surface area contributed by atoms with Gasteiger partial charge in [0, 0.05) is 43.5 Å². The quantitative estimate of drug-likeness (QED) is 0.819. The zero-order valence-electron chi connectivity index (χ0n) is 13.4. The highest BCUT2D eigenvalue weighted by molar-refractivity contribution is 6.31. The Morgan fingerprint density at radius 3 is 2.83 bits per heavy atom. The maximum atomic E-state index is 12.3. The second-order valence-corrected chi connectivity index (χ2v) is 6.43. The molecule has 2 fully saturated rings. The Morgan fingerprint density at radius 1 is 1.46 bits per heavy atom. The average Bonchev–Trinajstić information content (AvgIpc) is 2.87. The summed E-state index contributed by atoms with van der Waals surface area (Å²) in [5.74, 6) is 0.591. The third-order valence-electron chi connectivity index (χ3n) is 4.36. The Balaban J connectivity index is 0.00000208. The van der Waals surface area contributed by atoms with Gasteiger partial charge in [-0.05, 0) is 18.2 Å². The topological polar surface area (TPSA) is 70.7 Å². The number of carbonyl (C=O) groups excluding carboxylic acids is 2. The second-order valence-electron chi connectivity index (χ2n) is 5.99. The van der Waals surface area contributed by atoms with Crippen molar-refractivity contribution in [3.05, 3.63) is 23.2 Å². The summed E-state index contributed by atoms with van der Waals surface area (Å²) < 4.78 is 5.30. The van der Waals surface area contributed by atoms with E-state index in [4.69, 9.17) is 16.3 Å². The number of rotatable bonds is 5. The molecule has 2 heterocycles. The molecular formula is C16H21Cl2N3O3. The lowest BCUT2D eigenvalue weighted by atomic mass is 10.0. The van der Waals surface area contributed by atoms with Crippen LogP contribution >= 0.6 is 24.0 Å². The number of carbonyl (C=O) groups is 2. The summed E-state index contributed by atoms with van der Waals surface area (Å²) in [5, 5.41) is 6.64. The zero-order chi connectivity index (χ0) is 16.4. The number of amides is 2. The number of nitrogens with zero attached hydrogens (tertiary/aromatic N) is 1. The maximum absolute atomic E-state index is 12.3. The van der Waals surface area contributed by atoms with E-state index in [1.165, 1.54) is 0 Å². The van der Waals surface area contributed by atoms with E-state index in [0.29, 0.717) is 35.5 Å². The van der Waals surface area contributed by atoms with E-state index in [0.717, 1.165) is 13.1 Å². The minimum Gasteiger partial charge on any atom is -0.495 e. The van der Waals surface area contributed by atoms with Gasteiger partial charge in [-0.3, -0.25) is 9.59 Å². The van der Waals surface area contributed by atoms with Gasteiger partial charge in [-0.1, -0.05) is 11.6 Å². The Morgan fingerprint density at radius 2 is 2.21 bits per heavy atom. The molecule has 0 spiro atoms. The summed E-state index contributed by atoms with van der Waals surface area (Å²) in [4.78, 5) is 26.2. The number of methoxy groups -OCH3 is 1. The van der Waals surface area contributed by atoms with Gasteiger partial charge in [-0.2, -0.15) is 0 Å². The van der Waals surface area contributed by atoms with Crippen LogP contribution in [0.4, 0.5) is 5.69 Å². The molecule has 24 heavy (non-hydrogen) atoms. The largest absolute Gasteiger partial charge is 0.495 e. The average molecular weight is 374 g/mol. The van der Waals surface area contributed by atoms with Gasteiger partial charge in [0.05, 0.1) is 18.7 Å². The Bertz CT molecular complexity index is 623. The third kappa shape index (κ3) is 3.94. The minimum atomic E-state index is -0.334. The van der Waals surface area contributed by atoms with Crippen molar-refractivity contribution < 1.29 is 14.3 Å². The fraction of sp³-hybridized carbons (Fsp3) is 0.500. The van der Waals surface area contributed by atoms with Crippen LogP contribution in [0.3, 0.4) is 0 Å². The van der Waals surface area contributed by atoms with E-state index in [9.17, 15) is 9.59 Å². The molecular weight excluding hydrogens is 353 g/mol. The summed E-state index contributed by atoms with van der Waals surface area (Å²) in [7, 11) is 1.55. The van der Waals surface area contributed by atoms with Crippen molar-refractivity contribution in [3.8, 4) is 5.75 Å². The summed E-state index contributed by atoms with van der Waals surface area (Å²) in [5.41, 5.74) is 0.614. The number of hydrogen-bond donors (Lipinski definition) is 2. The van der Waals surface area contributed by atoms with Crippen molar-refractivity contribution in [3.63, 3.8) is 0 Å². The first-order chi connectivity index (χ1) is 11.1. The molecule has 2 saturated heterocycles. The number of nitrogens with one attached hydrogen (secondary N) is 2. The van der Waals surface area contributed by atoms with Crippen molar-refractivity contribution >= 4 is 41.5 Å². The molecule has 1 atom stereocenters. The fourth-order valence-corrected chi connectivity index (χ4v) is 3.04. The predicted molar refractivity (Wildman–Crippen MR) is 95.1 cm³/mol. The lowest BCUT2D eigenvalue weighted by molar-refractivity contribution is -0.126. The molecule has 2 N–H and O–H groups in total. The number of hydrogen-bond acceptors (Lipinski definition) is 4. The maximum Gasteiger partial charge on any atom is 0.227 e. The normalized spacial score (nSPS) is 20.3. The van der Waals surface area contributed by atoms with Crippen LogP contribution in [0.25, 0.3) is 0 Å². The molecule has 0 saturated carbocycles. The number of benzene rings is 1. The fourth-order valence-electron chi connectivity index (χ4n) is 2.87. The summed E-state index contributed by atoms with van der Waals surface area (Å²) in [6, 6.07) is 5.13. The highest BCUT2D eigenvalue weighted by Crippen LogP contribution is 2.35. The molecule has 8 heteroatoms. The minimum absolute atomic E-state index is 0. The van der Waals surface area contributed by atoms with Crippen molar-refractivity contribution in [2.75, 3.05) is 38.2 Å². The van der Waals surface area contributed by atoms with Crippen molar-refractivity contribution in [1.29, 1.82) is 0 Å². The first kappa shape index (κ1) is 18.8. The van der Waals surface area contributed by atoms with E-state index >= 15 is 0 Å². The summed E-state index contributed by atoms with van der Waals surface area (Å²) in [6.45, 7) is 2.90. The standard InChI is InChI=1S/C16H20ClN3O3.ClH/c1-23-14-3-2-12(17)5-13(14)20-9-11(4-15(20)21)16(22)19-8-10-6-18-7-10;/h2-3,5,10-11,18H,4,6-9H2,1H3,(H,19,22);1H. The first-order valence-corrected chi connectivity index (χ1v) is 8.08. The molecule has 1 unspecified atom stereocenters. The summed E-state index contributed by atoms with van der Waals surface area (Å²) in [6.07, 6.45) is 0.213.